The molecule has 2 rings (SSSR count). The third kappa shape index (κ3) is 2.76. The van der Waals surface area contributed by atoms with Gasteiger partial charge in [0.25, 0.3) is 0 Å². The van der Waals surface area contributed by atoms with Gasteiger partial charge in [0.2, 0.25) is 5.16 Å². The van der Waals surface area contributed by atoms with Crippen LogP contribution < -0.4 is 5.84 Å². The van der Waals surface area contributed by atoms with Gasteiger partial charge in [-0.2, -0.15) is 0 Å². The molecule has 0 aliphatic carbocycles. The fourth-order valence-corrected chi connectivity index (χ4v) is 2.24. The summed E-state index contributed by atoms with van der Waals surface area (Å²) in [7, 11) is 0. The molecule has 0 amide bonds. The highest BCUT2D eigenvalue weighted by Gasteiger charge is 2.08. The van der Waals surface area contributed by atoms with Crippen LogP contribution in [0.3, 0.4) is 0 Å². The SMILES string of the molecule is CCc1nnc(SCc2cccc(F)c2)n1N. The molecular formula is C11H13FN4S. The molecule has 90 valence electrons. The number of halogens is 1. The van der Waals surface area contributed by atoms with Crippen molar-refractivity contribution in [2.45, 2.75) is 24.3 Å². The molecule has 2 aromatic rings. The first-order chi connectivity index (χ1) is 8.20. The zero-order valence-electron chi connectivity index (χ0n) is 9.43. The molecule has 4 nitrogen and oxygen atoms in total. The average molecular weight is 252 g/mol. The van der Waals surface area contributed by atoms with Crippen molar-refractivity contribution in [1.29, 1.82) is 0 Å². The van der Waals surface area contributed by atoms with Gasteiger partial charge >= 0.3 is 0 Å². The van der Waals surface area contributed by atoms with Crippen LogP contribution in [0, 0.1) is 5.82 Å². The van der Waals surface area contributed by atoms with Gasteiger partial charge in [0.05, 0.1) is 0 Å². The number of hydrogen-bond donors (Lipinski definition) is 1. The zero-order chi connectivity index (χ0) is 12.3. The predicted molar refractivity (Wildman–Crippen MR) is 65.5 cm³/mol. The van der Waals surface area contributed by atoms with E-state index in [-0.39, 0.29) is 5.82 Å². The summed E-state index contributed by atoms with van der Waals surface area (Å²) in [5.41, 5.74) is 0.899. The van der Waals surface area contributed by atoms with Crippen LogP contribution in [-0.2, 0) is 12.2 Å². The molecule has 2 N–H and O–H groups in total. The standard InChI is InChI=1S/C11H13FN4S/c1-2-10-14-15-11(16(10)13)17-7-8-4-3-5-9(12)6-8/h3-6H,2,7,13H2,1H3. The largest absolute Gasteiger partial charge is 0.336 e. The number of thioether (sulfide) groups is 1. The Bertz CT molecular complexity index is 512. The Balaban J connectivity index is 2.05. The molecule has 1 aromatic heterocycles. The van der Waals surface area contributed by atoms with Crippen LogP contribution in [0.1, 0.15) is 18.3 Å². The first-order valence-electron chi connectivity index (χ1n) is 5.27. The quantitative estimate of drug-likeness (QED) is 0.668. The van der Waals surface area contributed by atoms with Crippen molar-refractivity contribution in [2.75, 3.05) is 5.84 Å². The zero-order valence-corrected chi connectivity index (χ0v) is 10.2. The maximum Gasteiger partial charge on any atom is 0.210 e. The lowest BCUT2D eigenvalue weighted by Crippen LogP contribution is -2.13. The summed E-state index contributed by atoms with van der Waals surface area (Å²) in [4.78, 5) is 0. The van der Waals surface area contributed by atoms with Crippen molar-refractivity contribution in [2.24, 2.45) is 0 Å². The Hall–Kier alpha value is -1.56. The van der Waals surface area contributed by atoms with Crippen LogP contribution in [0.5, 0.6) is 0 Å². The lowest BCUT2D eigenvalue weighted by atomic mass is 10.2. The van der Waals surface area contributed by atoms with Crippen LogP contribution in [0.4, 0.5) is 4.39 Å². The minimum Gasteiger partial charge on any atom is -0.336 e. The maximum atomic E-state index is 13.0. The summed E-state index contributed by atoms with van der Waals surface area (Å²) < 4.78 is 14.4. The molecule has 6 heteroatoms. The second kappa shape index (κ2) is 5.18. The van der Waals surface area contributed by atoms with Crippen LogP contribution in [0.2, 0.25) is 0 Å². The number of nitrogen functional groups attached to an aromatic ring is 1. The van der Waals surface area contributed by atoms with E-state index in [4.69, 9.17) is 5.84 Å². The van der Waals surface area contributed by atoms with Gasteiger partial charge in [0, 0.05) is 12.2 Å². The van der Waals surface area contributed by atoms with Crippen molar-refractivity contribution in [3.05, 3.63) is 41.5 Å². The predicted octanol–water partition coefficient (Wildman–Crippen LogP) is 1.99. The van der Waals surface area contributed by atoms with E-state index >= 15 is 0 Å². The molecule has 0 unspecified atom stereocenters. The summed E-state index contributed by atoms with van der Waals surface area (Å²) in [5.74, 6) is 6.94. The van der Waals surface area contributed by atoms with Crippen molar-refractivity contribution in [1.82, 2.24) is 14.9 Å². The van der Waals surface area contributed by atoms with E-state index in [9.17, 15) is 4.39 Å². The number of aryl methyl sites for hydroxylation is 1. The van der Waals surface area contributed by atoms with Gasteiger partial charge in [-0.1, -0.05) is 30.8 Å². The molecule has 0 spiro atoms. The van der Waals surface area contributed by atoms with Crippen LogP contribution in [0.15, 0.2) is 29.4 Å². The highest BCUT2D eigenvalue weighted by molar-refractivity contribution is 7.98. The summed E-state index contributed by atoms with van der Waals surface area (Å²) in [6, 6.07) is 6.49. The first-order valence-corrected chi connectivity index (χ1v) is 6.26. The fourth-order valence-electron chi connectivity index (χ4n) is 1.42. The molecule has 0 aliphatic rings. The van der Waals surface area contributed by atoms with Gasteiger partial charge in [-0.05, 0) is 17.7 Å². The van der Waals surface area contributed by atoms with Crippen LogP contribution in [0.25, 0.3) is 0 Å². The summed E-state index contributed by atoms with van der Waals surface area (Å²) >= 11 is 1.44. The molecule has 0 atom stereocenters. The second-order valence-electron chi connectivity index (χ2n) is 3.54. The monoisotopic (exact) mass is 252 g/mol. The Morgan fingerprint density at radius 2 is 2.24 bits per heavy atom. The van der Waals surface area contributed by atoms with Crippen molar-refractivity contribution >= 4 is 11.8 Å². The van der Waals surface area contributed by atoms with Gasteiger partial charge in [-0.15, -0.1) is 10.2 Å². The smallest absolute Gasteiger partial charge is 0.210 e. The Labute approximate surface area is 103 Å². The summed E-state index contributed by atoms with van der Waals surface area (Å²) in [6.45, 7) is 1.97. The van der Waals surface area contributed by atoms with Crippen LogP contribution in [-0.4, -0.2) is 14.9 Å². The number of benzene rings is 1. The first kappa shape index (κ1) is 11.9. The highest BCUT2D eigenvalue weighted by Crippen LogP contribution is 2.20. The van der Waals surface area contributed by atoms with E-state index in [1.807, 2.05) is 13.0 Å². The molecule has 0 saturated heterocycles. The molecule has 0 bridgehead atoms. The molecule has 1 aromatic carbocycles. The van der Waals surface area contributed by atoms with Gasteiger partial charge in [0.15, 0.2) is 5.82 Å². The second-order valence-corrected chi connectivity index (χ2v) is 4.48. The number of nitrogens with zero attached hydrogens (tertiary/aromatic N) is 3. The number of rotatable bonds is 4. The topological polar surface area (TPSA) is 56.7 Å². The Kier molecular flexibility index (Phi) is 3.63. The normalized spacial score (nSPS) is 10.7. The number of nitrogens with two attached hydrogens (primary N) is 1. The third-order valence-corrected chi connectivity index (χ3v) is 3.32. The summed E-state index contributed by atoms with van der Waals surface area (Å²) in [6.07, 6.45) is 0.740. The molecule has 0 saturated carbocycles. The van der Waals surface area contributed by atoms with Crippen LogP contribution >= 0.6 is 11.8 Å². The Morgan fingerprint density at radius 3 is 2.88 bits per heavy atom. The van der Waals surface area contributed by atoms with Gasteiger partial charge in [0.1, 0.15) is 5.82 Å². The average Bonchev–Trinajstić information content (AvgIpc) is 2.67. The van der Waals surface area contributed by atoms with Gasteiger partial charge in [-0.25, -0.2) is 9.07 Å². The van der Waals surface area contributed by atoms with E-state index in [1.165, 1.54) is 28.6 Å². The van der Waals surface area contributed by atoms with Crippen molar-refractivity contribution in [3.63, 3.8) is 0 Å². The van der Waals surface area contributed by atoms with Gasteiger partial charge in [-0.3, -0.25) is 0 Å². The minimum absolute atomic E-state index is 0.230. The minimum atomic E-state index is -0.230. The highest BCUT2D eigenvalue weighted by atomic mass is 32.2. The Morgan fingerprint density at radius 1 is 1.41 bits per heavy atom. The van der Waals surface area contributed by atoms with E-state index < -0.39 is 0 Å². The molecule has 0 radical (unpaired) electrons. The molecular weight excluding hydrogens is 239 g/mol. The lowest BCUT2D eigenvalue weighted by Gasteiger charge is -2.02. The van der Waals surface area contributed by atoms with Crippen molar-refractivity contribution < 1.29 is 4.39 Å². The van der Waals surface area contributed by atoms with E-state index in [0.717, 1.165) is 17.8 Å². The molecule has 0 fully saturated rings. The van der Waals surface area contributed by atoms with Gasteiger partial charge < -0.3 is 5.84 Å². The van der Waals surface area contributed by atoms with E-state index in [1.54, 1.807) is 6.07 Å². The molecule has 17 heavy (non-hydrogen) atoms. The maximum absolute atomic E-state index is 13.0. The molecule has 1 heterocycles. The molecule has 0 aliphatic heterocycles. The fraction of sp³-hybridized carbons (Fsp3) is 0.273. The van der Waals surface area contributed by atoms with E-state index in [2.05, 4.69) is 10.2 Å². The van der Waals surface area contributed by atoms with E-state index in [0.29, 0.717) is 10.9 Å². The lowest BCUT2D eigenvalue weighted by molar-refractivity contribution is 0.626. The van der Waals surface area contributed by atoms with Crippen molar-refractivity contribution in [3.8, 4) is 0 Å². The number of hydrogen-bond acceptors (Lipinski definition) is 4. The third-order valence-electron chi connectivity index (χ3n) is 2.31. The summed E-state index contributed by atoms with van der Waals surface area (Å²) in [5, 5.41) is 8.58. The number of aromatic nitrogens is 3.